The highest BCUT2D eigenvalue weighted by atomic mass is 35.5. The molecule has 0 radical (unpaired) electrons. The lowest BCUT2D eigenvalue weighted by Crippen LogP contribution is -2.12. The number of anilines is 1. The summed E-state index contributed by atoms with van der Waals surface area (Å²) in [5, 5.41) is 14.9. The zero-order valence-corrected chi connectivity index (χ0v) is 14.6. The fourth-order valence-corrected chi connectivity index (χ4v) is 2.58. The summed E-state index contributed by atoms with van der Waals surface area (Å²) in [7, 11) is 0. The summed E-state index contributed by atoms with van der Waals surface area (Å²) in [6.45, 7) is 7.59. The maximum atomic E-state index is 10.9. The predicted molar refractivity (Wildman–Crippen MR) is 96.5 cm³/mol. The van der Waals surface area contributed by atoms with E-state index in [9.17, 15) is 5.11 Å². The molecule has 2 aromatic carbocycles. The Bertz CT molecular complexity index is 643. The Kier molecular flexibility index (Phi) is 6.31. The van der Waals surface area contributed by atoms with Gasteiger partial charge in [-0.05, 0) is 37.1 Å². The standard InChI is InChI=1S/C19H24ClNO2/c1-4-23-18-8-6-5-7-15(18)19(22)16-11-14(20)9-10-17(16)21-12-13(2)3/h5-11,13,19,21-22H,4,12H2,1-3H3. The van der Waals surface area contributed by atoms with Gasteiger partial charge in [-0.2, -0.15) is 0 Å². The highest BCUT2D eigenvalue weighted by Crippen LogP contribution is 2.35. The van der Waals surface area contributed by atoms with Crippen LogP contribution in [-0.2, 0) is 0 Å². The quantitative estimate of drug-likeness (QED) is 0.758. The lowest BCUT2D eigenvalue weighted by molar-refractivity contribution is 0.212. The SMILES string of the molecule is CCOc1ccccc1C(O)c1cc(Cl)ccc1NCC(C)C. The van der Waals surface area contributed by atoms with Crippen LogP contribution in [0.3, 0.4) is 0 Å². The minimum absolute atomic E-state index is 0.506. The number of nitrogens with one attached hydrogen (secondary N) is 1. The predicted octanol–water partition coefficient (Wildman–Crippen LogP) is 4.89. The van der Waals surface area contributed by atoms with Crippen LogP contribution in [0.15, 0.2) is 42.5 Å². The molecule has 23 heavy (non-hydrogen) atoms. The lowest BCUT2D eigenvalue weighted by Gasteiger charge is -2.20. The molecule has 0 saturated carbocycles. The molecular weight excluding hydrogens is 310 g/mol. The van der Waals surface area contributed by atoms with Gasteiger partial charge in [0.1, 0.15) is 11.9 Å². The zero-order chi connectivity index (χ0) is 16.8. The third kappa shape index (κ3) is 4.63. The number of aliphatic hydroxyl groups excluding tert-OH is 1. The molecule has 0 aromatic heterocycles. The summed E-state index contributed by atoms with van der Waals surface area (Å²) >= 11 is 6.14. The number of aliphatic hydroxyl groups is 1. The van der Waals surface area contributed by atoms with Crippen LogP contribution in [0.2, 0.25) is 5.02 Å². The van der Waals surface area contributed by atoms with E-state index in [4.69, 9.17) is 16.3 Å². The minimum Gasteiger partial charge on any atom is -0.493 e. The van der Waals surface area contributed by atoms with Gasteiger partial charge in [-0.3, -0.25) is 0 Å². The van der Waals surface area contributed by atoms with Crippen LogP contribution in [0, 0.1) is 5.92 Å². The van der Waals surface area contributed by atoms with Crippen molar-refractivity contribution in [3.63, 3.8) is 0 Å². The van der Waals surface area contributed by atoms with E-state index in [0.29, 0.717) is 23.3 Å². The fraction of sp³-hybridized carbons (Fsp3) is 0.368. The molecule has 0 amide bonds. The molecule has 0 bridgehead atoms. The van der Waals surface area contributed by atoms with Gasteiger partial charge >= 0.3 is 0 Å². The first-order valence-corrected chi connectivity index (χ1v) is 8.33. The van der Waals surface area contributed by atoms with Crippen LogP contribution in [0.4, 0.5) is 5.69 Å². The molecule has 0 aliphatic heterocycles. The highest BCUT2D eigenvalue weighted by Gasteiger charge is 2.19. The van der Waals surface area contributed by atoms with Crippen LogP contribution in [0.1, 0.15) is 38.0 Å². The van der Waals surface area contributed by atoms with E-state index in [1.54, 1.807) is 6.07 Å². The van der Waals surface area contributed by atoms with Crippen molar-refractivity contribution in [3.8, 4) is 5.75 Å². The molecule has 3 nitrogen and oxygen atoms in total. The third-order valence-corrected chi connectivity index (χ3v) is 3.76. The van der Waals surface area contributed by atoms with Crippen molar-refractivity contribution in [2.75, 3.05) is 18.5 Å². The molecule has 0 aliphatic rings. The van der Waals surface area contributed by atoms with Crippen molar-refractivity contribution in [2.45, 2.75) is 26.9 Å². The van der Waals surface area contributed by atoms with Crippen molar-refractivity contribution in [1.82, 2.24) is 0 Å². The smallest absolute Gasteiger partial charge is 0.125 e. The summed E-state index contributed by atoms with van der Waals surface area (Å²) in [6, 6.07) is 13.1. The monoisotopic (exact) mass is 333 g/mol. The third-order valence-electron chi connectivity index (χ3n) is 3.52. The molecule has 2 rings (SSSR count). The molecule has 0 heterocycles. The second-order valence-electron chi connectivity index (χ2n) is 5.88. The normalized spacial score (nSPS) is 12.3. The number of rotatable bonds is 7. The first-order valence-electron chi connectivity index (χ1n) is 7.96. The van der Waals surface area contributed by atoms with Gasteiger partial charge in [-0.25, -0.2) is 0 Å². The first kappa shape index (κ1) is 17.6. The molecule has 0 saturated heterocycles. The van der Waals surface area contributed by atoms with Gasteiger partial charge in [-0.1, -0.05) is 43.6 Å². The minimum atomic E-state index is -0.800. The Morgan fingerprint density at radius 1 is 1.13 bits per heavy atom. The Hall–Kier alpha value is -1.71. The average molecular weight is 334 g/mol. The zero-order valence-electron chi connectivity index (χ0n) is 13.8. The lowest BCUT2D eigenvalue weighted by atomic mass is 9.98. The number of benzene rings is 2. The van der Waals surface area contributed by atoms with Gasteiger partial charge in [0.25, 0.3) is 0 Å². The number of para-hydroxylation sites is 1. The largest absolute Gasteiger partial charge is 0.493 e. The molecule has 0 fully saturated rings. The topological polar surface area (TPSA) is 41.5 Å². The van der Waals surface area contributed by atoms with Crippen molar-refractivity contribution in [3.05, 3.63) is 58.6 Å². The first-order chi connectivity index (χ1) is 11.0. The fourth-order valence-electron chi connectivity index (χ4n) is 2.40. The van der Waals surface area contributed by atoms with E-state index in [1.807, 2.05) is 43.3 Å². The van der Waals surface area contributed by atoms with Crippen molar-refractivity contribution < 1.29 is 9.84 Å². The van der Waals surface area contributed by atoms with Crippen LogP contribution >= 0.6 is 11.6 Å². The molecule has 4 heteroatoms. The number of hydrogen-bond acceptors (Lipinski definition) is 3. The molecule has 124 valence electrons. The second kappa shape index (κ2) is 8.23. The summed E-state index contributed by atoms with van der Waals surface area (Å²) in [5.41, 5.74) is 2.39. The average Bonchev–Trinajstić information content (AvgIpc) is 2.53. The van der Waals surface area contributed by atoms with Crippen molar-refractivity contribution in [1.29, 1.82) is 0 Å². The Balaban J connectivity index is 2.38. The van der Waals surface area contributed by atoms with E-state index in [-0.39, 0.29) is 0 Å². The van der Waals surface area contributed by atoms with E-state index in [2.05, 4.69) is 19.2 Å². The van der Waals surface area contributed by atoms with Gasteiger partial charge in [0.05, 0.1) is 6.61 Å². The number of ether oxygens (including phenoxy) is 1. The Morgan fingerprint density at radius 3 is 2.57 bits per heavy atom. The van der Waals surface area contributed by atoms with E-state index >= 15 is 0 Å². The summed E-state index contributed by atoms with van der Waals surface area (Å²) in [4.78, 5) is 0. The maximum absolute atomic E-state index is 10.9. The van der Waals surface area contributed by atoms with Crippen LogP contribution in [-0.4, -0.2) is 18.3 Å². The van der Waals surface area contributed by atoms with Gasteiger partial charge in [-0.15, -0.1) is 0 Å². The van der Waals surface area contributed by atoms with Crippen LogP contribution in [0.5, 0.6) is 5.75 Å². The van der Waals surface area contributed by atoms with Crippen LogP contribution < -0.4 is 10.1 Å². The molecule has 1 atom stereocenters. The molecule has 1 unspecified atom stereocenters. The number of hydrogen-bond donors (Lipinski definition) is 2. The van der Waals surface area contributed by atoms with Gasteiger partial charge in [0.2, 0.25) is 0 Å². The summed E-state index contributed by atoms with van der Waals surface area (Å²) < 4.78 is 5.63. The van der Waals surface area contributed by atoms with E-state index in [1.165, 1.54) is 0 Å². The van der Waals surface area contributed by atoms with E-state index in [0.717, 1.165) is 23.4 Å². The second-order valence-corrected chi connectivity index (χ2v) is 6.32. The maximum Gasteiger partial charge on any atom is 0.125 e. The molecular formula is C19H24ClNO2. The van der Waals surface area contributed by atoms with Gasteiger partial charge in [0, 0.05) is 28.4 Å². The molecule has 0 spiro atoms. The van der Waals surface area contributed by atoms with Gasteiger partial charge in [0.15, 0.2) is 0 Å². The Labute approximate surface area is 143 Å². The molecule has 2 N–H and O–H groups in total. The van der Waals surface area contributed by atoms with Crippen molar-refractivity contribution in [2.24, 2.45) is 5.92 Å². The van der Waals surface area contributed by atoms with Gasteiger partial charge < -0.3 is 15.2 Å². The summed E-state index contributed by atoms with van der Waals surface area (Å²) in [6.07, 6.45) is -0.800. The van der Waals surface area contributed by atoms with Crippen molar-refractivity contribution >= 4 is 17.3 Å². The molecule has 2 aromatic rings. The number of halogens is 1. The van der Waals surface area contributed by atoms with Crippen LogP contribution in [0.25, 0.3) is 0 Å². The Morgan fingerprint density at radius 2 is 1.87 bits per heavy atom. The van der Waals surface area contributed by atoms with E-state index < -0.39 is 6.10 Å². The summed E-state index contributed by atoms with van der Waals surface area (Å²) in [5.74, 6) is 1.20. The highest BCUT2D eigenvalue weighted by molar-refractivity contribution is 6.30. The molecule has 0 aliphatic carbocycles.